The number of nitrogens with zero attached hydrogens (tertiary/aromatic N) is 1. The molecule has 0 amide bonds. The summed E-state index contributed by atoms with van der Waals surface area (Å²) in [6.45, 7) is 6.87. The van der Waals surface area contributed by atoms with Gasteiger partial charge in [-0.15, -0.1) is 0 Å². The summed E-state index contributed by atoms with van der Waals surface area (Å²) in [5.74, 6) is 0.937. The zero-order chi connectivity index (χ0) is 12.8. The quantitative estimate of drug-likeness (QED) is 0.859. The van der Waals surface area contributed by atoms with Crippen molar-refractivity contribution in [3.8, 4) is 0 Å². The Kier molecular flexibility index (Phi) is 5.21. The fraction of sp³-hybridized carbons (Fsp3) is 0.625. The van der Waals surface area contributed by atoms with Crippen molar-refractivity contribution in [1.82, 2.24) is 10.2 Å². The third kappa shape index (κ3) is 4.43. The number of piperidine rings is 1. The molecule has 2 heteroatoms. The van der Waals surface area contributed by atoms with Gasteiger partial charge in [0.1, 0.15) is 0 Å². The van der Waals surface area contributed by atoms with Crippen molar-refractivity contribution in [3.05, 3.63) is 35.4 Å². The van der Waals surface area contributed by atoms with Crippen molar-refractivity contribution in [2.24, 2.45) is 5.92 Å². The van der Waals surface area contributed by atoms with Crippen LogP contribution in [0.15, 0.2) is 24.3 Å². The zero-order valence-corrected chi connectivity index (χ0v) is 11.8. The molecule has 1 saturated heterocycles. The van der Waals surface area contributed by atoms with Crippen molar-refractivity contribution in [2.75, 3.05) is 26.7 Å². The Bertz CT molecular complexity index is 339. The van der Waals surface area contributed by atoms with Crippen molar-refractivity contribution in [3.63, 3.8) is 0 Å². The van der Waals surface area contributed by atoms with E-state index in [9.17, 15) is 0 Å². The second-order valence-corrected chi connectivity index (χ2v) is 5.71. The summed E-state index contributed by atoms with van der Waals surface area (Å²) in [4.78, 5) is 2.45. The molecule has 2 rings (SSSR count). The van der Waals surface area contributed by atoms with Crippen LogP contribution in [0.1, 0.15) is 30.4 Å². The fourth-order valence-corrected chi connectivity index (χ4v) is 2.66. The van der Waals surface area contributed by atoms with Gasteiger partial charge in [0, 0.05) is 6.54 Å². The molecular weight excluding hydrogens is 220 g/mol. The van der Waals surface area contributed by atoms with Gasteiger partial charge >= 0.3 is 0 Å². The van der Waals surface area contributed by atoms with E-state index in [2.05, 4.69) is 48.5 Å². The topological polar surface area (TPSA) is 15.3 Å². The molecule has 0 atom stereocenters. The Morgan fingerprint density at radius 2 is 1.83 bits per heavy atom. The zero-order valence-electron chi connectivity index (χ0n) is 11.8. The summed E-state index contributed by atoms with van der Waals surface area (Å²) >= 11 is 0. The van der Waals surface area contributed by atoms with Crippen LogP contribution in [-0.4, -0.2) is 31.6 Å². The minimum Gasteiger partial charge on any atom is -0.317 e. The van der Waals surface area contributed by atoms with E-state index in [1.165, 1.54) is 50.0 Å². The van der Waals surface area contributed by atoms with Crippen LogP contribution in [0.25, 0.3) is 0 Å². The summed E-state index contributed by atoms with van der Waals surface area (Å²) in [6, 6.07) is 8.90. The Labute approximate surface area is 111 Å². The largest absolute Gasteiger partial charge is 0.317 e. The molecule has 1 N–H and O–H groups in total. The molecule has 2 nitrogen and oxygen atoms in total. The lowest BCUT2D eigenvalue weighted by atomic mass is 9.94. The standard InChI is InChI=1S/C16H26N2/c1-14-3-5-16(6-4-14)13-18(2)12-9-15-7-10-17-11-8-15/h3-6,15,17H,7-13H2,1-2H3. The molecule has 1 fully saturated rings. The molecule has 0 aromatic heterocycles. The second-order valence-electron chi connectivity index (χ2n) is 5.71. The van der Waals surface area contributed by atoms with Gasteiger partial charge in [0.15, 0.2) is 0 Å². The summed E-state index contributed by atoms with van der Waals surface area (Å²) < 4.78 is 0. The van der Waals surface area contributed by atoms with Gasteiger partial charge in [-0.2, -0.15) is 0 Å². The number of nitrogens with one attached hydrogen (secondary N) is 1. The monoisotopic (exact) mass is 246 g/mol. The van der Waals surface area contributed by atoms with Crippen LogP contribution in [0.5, 0.6) is 0 Å². The molecule has 100 valence electrons. The highest BCUT2D eigenvalue weighted by Crippen LogP contribution is 2.16. The van der Waals surface area contributed by atoms with Crippen LogP contribution in [0.4, 0.5) is 0 Å². The molecule has 0 radical (unpaired) electrons. The highest BCUT2D eigenvalue weighted by Gasteiger charge is 2.13. The van der Waals surface area contributed by atoms with Crippen molar-refractivity contribution >= 4 is 0 Å². The van der Waals surface area contributed by atoms with Crippen LogP contribution >= 0.6 is 0 Å². The number of rotatable bonds is 5. The molecule has 1 aliphatic rings. The minimum absolute atomic E-state index is 0.937. The summed E-state index contributed by atoms with van der Waals surface area (Å²) in [5.41, 5.74) is 2.77. The van der Waals surface area contributed by atoms with Gasteiger partial charge in [0.25, 0.3) is 0 Å². The Morgan fingerprint density at radius 1 is 1.17 bits per heavy atom. The van der Waals surface area contributed by atoms with Crippen LogP contribution in [0, 0.1) is 12.8 Å². The molecule has 1 aromatic rings. The van der Waals surface area contributed by atoms with Crippen LogP contribution in [0.2, 0.25) is 0 Å². The molecule has 0 saturated carbocycles. The van der Waals surface area contributed by atoms with Crippen molar-refractivity contribution in [2.45, 2.75) is 32.7 Å². The molecular formula is C16H26N2. The first-order valence-electron chi connectivity index (χ1n) is 7.19. The number of hydrogen-bond acceptors (Lipinski definition) is 2. The predicted molar refractivity (Wildman–Crippen MR) is 77.7 cm³/mol. The lowest BCUT2D eigenvalue weighted by Crippen LogP contribution is -2.30. The van der Waals surface area contributed by atoms with Crippen LogP contribution < -0.4 is 5.32 Å². The first-order chi connectivity index (χ1) is 8.74. The lowest BCUT2D eigenvalue weighted by Gasteiger charge is -2.25. The van der Waals surface area contributed by atoms with E-state index in [1.54, 1.807) is 0 Å². The maximum atomic E-state index is 3.43. The molecule has 0 spiro atoms. The summed E-state index contributed by atoms with van der Waals surface area (Å²) in [7, 11) is 2.24. The predicted octanol–water partition coefficient (Wildman–Crippen LogP) is 2.82. The van der Waals surface area contributed by atoms with Gasteiger partial charge in [-0.1, -0.05) is 29.8 Å². The highest BCUT2D eigenvalue weighted by atomic mass is 15.1. The molecule has 0 aliphatic carbocycles. The van der Waals surface area contributed by atoms with E-state index in [4.69, 9.17) is 0 Å². The van der Waals surface area contributed by atoms with Crippen LogP contribution in [0.3, 0.4) is 0 Å². The second kappa shape index (κ2) is 6.91. The van der Waals surface area contributed by atoms with Crippen molar-refractivity contribution in [1.29, 1.82) is 0 Å². The smallest absolute Gasteiger partial charge is 0.0230 e. The van der Waals surface area contributed by atoms with E-state index in [1.807, 2.05) is 0 Å². The van der Waals surface area contributed by atoms with Gasteiger partial charge < -0.3 is 10.2 Å². The third-order valence-corrected chi connectivity index (χ3v) is 3.95. The van der Waals surface area contributed by atoms with E-state index in [-0.39, 0.29) is 0 Å². The molecule has 1 aliphatic heterocycles. The fourth-order valence-electron chi connectivity index (χ4n) is 2.66. The summed E-state index contributed by atoms with van der Waals surface area (Å²) in [6.07, 6.45) is 4.07. The normalized spacial score (nSPS) is 17.3. The molecule has 18 heavy (non-hydrogen) atoms. The van der Waals surface area contributed by atoms with Gasteiger partial charge in [-0.3, -0.25) is 0 Å². The average Bonchev–Trinajstić information content (AvgIpc) is 2.40. The summed E-state index contributed by atoms with van der Waals surface area (Å²) in [5, 5.41) is 3.43. The van der Waals surface area contributed by atoms with Crippen LogP contribution in [-0.2, 0) is 6.54 Å². The van der Waals surface area contributed by atoms with E-state index < -0.39 is 0 Å². The van der Waals surface area contributed by atoms with Gasteiger partial charge in [0.05, 0.1) is 0 Å². The maximum Gasteiger partial charge on any atom is 0.0230 e. The van der Waals surface area contributed by atoms with Gasteiger partial charge in [-0.05, 0) is 64.3 Å². The number of benzene rings is 1. The Hall–Kier alpha value is -0.860. The molecule has 0 bridgehead atoms. The SMILES string of the molecule is Cc1ccc(CN(C)CCC2CCNCC2)cc1. The van der Waals surface area contributed by atoms with E-state index in [0.717, 1.165) is 12.5 Å². The van der Waals surface area contributed by atoms with E-state index >= 15 is 0 Å². The molecule has 1 aromatic carbocycles. The molecule has 1 heterocycles. The Balaban J connectivity index is 1.71. The van der Waals surface area contributed by atoms with Gasteiger partial charge in [-0.25, -0.2) is 0 Å². The van der Waals surface area contributed by atoms with E-state index in [0.29, 0.717) is 0 Å². The highest BCUT2D eigenvalue weighted by molar-refractivity contribution is 5.21. The minimum atomic E-state index is 0.937. The average molecular weight is 246 g/mol. The first-order valence-corrected chi connectivity index (χ1v) is 7.19. The maximum absolute atomic E-state index is 3.43. The third-order valence-electron chi connectivity index (χ3n) is 3.95. The molecule has 0 unspecified atom stereocenters. The first kappa shape index (κ1) is 13.6. The number of hydrogen-bond donors (Lipinski definition) is 1. The van der Waals surface area contributed by atoms with Crippen molar-refractivity contribution < 1.29 is 0 Å². The number of aryl methyl sites for hydroxylation is 1. The van der Waals surface area contributed by atoms with Gasteiger partial charge in [0.2, 0.25) is 0 Å². The lowest BCUT2D eigenvalue weighted by molar-refractivity contribution is 0.266. The Morgan fingerprint density at radius 3 is 2.50 bits per heavy atom.